The zero-order valence-electron chi connectivity index (χ0n) is 12.7. The van der Waals surface area contributed by atoms with Crippen LogP contribution in [-0.2, 0) is 6.54 Å². The second-order valence-electron chi connectivity index (χ2n) is 5.60. The lowest BCUT2D eigenvalue weighted by Gasteiger charge is -2.19. The molecule has 0 spiro atoms. The first kappa shape index (κ1) is 14.8. The SMILES string of the molecule is CNC1CCN(c2ccnc(NCc3ccc(F)cc3)c2)C1. The highest BCUT2D eigenvalue weighted by Gasteiger charge is 2.21. The van der Waals surface area contributed by atoms with E-state index < -0.39 is 0 Å². The van der Waals surface area contributed by atoms with Crippen molar-refractivity contribution in [3.8, 4) is 0 Å². The molecule has 2 heterocycles. The maximum Gasteiger partial charge on any atom is 0.128 e. The van der Waals surface area contributed by atoms with E-state index in [9.17, 15) is 4.39 Å². The Bertz CT molecular complexity index is 614. The van der Waals surface area contributed by atoms with Crippen molar-refractivity contribution in [1.82, 2.24) is 10.3 Å². The van der Waals surface area contributed by atoms with Gasteiger partial charge in [-0.2, -0.15) is 0 Å². The molecule has 0 amide bonds. The Balaban J connectivity index is 1.63. The summed E-state index contributed by atoms with van der Waals surface area (Å²) in [5.74, 6) is 0.631. The van der Waals surface area contributed by atoms with Gasteiger partial charge in [0.25, 0.3) is 0 Å². The van der Waals surface area contributed by atoms with Crippen molar-refractivity contribution in [2.45, 2.75) is 19.0 Å². The first-order valence-corrected chi connectivity index (χ1v) is 7.61. The topological polar surface area (TPSA) is 40.2 Å². The maximum absolute atomic E-state index is 12.9. The molecule has 1 aromatic carbocycles. The molecule has 4 nitrogen and oxygen atoms in total. The molecule has 0 aliphatic carbocycles. The number of aromatic nitrogens is 1. The molecule has 1 atom stereocenters. The van der Waals surface area contributed by atoms with Crippen molar-refractivity contribution in [2.75, 3.05) is 30.4 Å². The standard InChI is InChI=1S/C17H21FN4/c1-19-15-7-9-22(12-15)16-6-8-20-17(10-16)21-11-13-2-4-14(18)5-3-13/h2-6,8,10,15,19H,7,9,11-12H2,1H3,(H,20,21). The molecule has 22 heavy (non-hydrogen) atoms. The lowest BCUT2D eigenvalue weighted by molar-refractivity contribution is 0.617. The summed E-state index contributed by atoms with van der Waals surface area (Å²) in [4.78, 5) is 6.72. The number of nitrogens with zero attached hydrogens (tertiary/aromatic N) is 2. The average molecular weight is 300 g/mol. The molecule has 1 aliphatic heterocycles. The van der Waals surface area contributed by atoms with Crippen LogP contribution >= 0.6 is 0 Å². The van der Waals surface area contributed by atoms with E-state index in [0.717, 1.165) is 30.9 Å². The minimum absolute atomic E-state index is 0.211. The van der Waals surface area contributed by atoms with Gasteiger partial charge in [-0.05, 0) is 37.2 Å². The summed E-state index contributed by atoms with van der Waals surface area (Å²) in [5, 5.41) is 6.62. The maximum atomic E-state index is 12.9. The number of anilines is 2. The van der Waals surface area contributed by atoms with E-state index in [4.69, 9.17) is 0 Å². The van der Waals surface area contributed by atoms with Crippen molar-refractivity contribution < 1.29 is 4.39 Å². The fourth-order valence-electron chi connectivity index (χ4n) is 2.74. The highest BCUT2D eigenvalue weighted by Crippen LogP contribution is 2.22. The van der Waals surface area contributed by atoms with Crippen LogP contribution < -0.4 is 15.5 Å². The number of likely N-dealkylation sites (N-methyl/N-ethyl adjacent to an activating group) is 1. The predicted molar refractivity (Wildman–Crippen MR) is 87.6 cm³/mol. The molecule has 5 heteroatoms. The van der Waals surface area contributed by atoms with Gasteiger partial charge >= 0.3 is 0 Å². The van der Waals surface area contributed by atoms with Crippen molar-refractivity contribution in [3.05, 3.63) is 54.0 Å². The van der Waals surface area contributed by atoms with E-state index >= 15 is 0 Å². The van der Waals surface area contributed by atoms with E-state index in [1.54, 1.807) is 12.1 Å². The number of hydrogen-bond donors (Lipinski definition) is 2. The van der Waals surface area contributed by atoms with Crippen LogP contribution in [0.15, 0.2) is 42.6 Å². The lowest BCUT2D eigenvalue weighted by Crippen LogP contribution is -2.29. The van der Waals surface area contributed by atoms with Crippen LogP contribution in [0.1, 0.15) is 12.0 Å². The van der Waals surface area contributed by atoms with E-state index in [2.05, 4.69) is 26.6 Å². The highest BCUT2D eigenvalue weighted by atomic mass is 19.1. The molecule has 116 valence electrons. The number of nitrogens with one attached hydrogen (secondary N) is 2. The van der Waals surface area contributed by atoms with Gasteiger partial charge in [-0.25, -0.2) is 9.37 Å². The largest absolute Gasteiger partial charge is 0.370 e. The average Bonchev–Trinajstić information content (AvgIpc) is 3.04. The van der Waals surface area contributed by atoms with Crippen LogP contribution in [0.5, 0.6) is 0 Å². The minimum atomic E-state index is -0.211. The molecule has 2 N–H and O–H groups in total. The van der Waals surface area contributed by atoms with E-state index in [-0.39, 0.29) is 5.82 Å². The molecular formula is C17H21FN4. The summed E-state index contributed by atoms with van der Waals surface area (Å²) in [7, 11) is 2.01. The fourth-order valence-corrected chi connectivity index (χ4v) is 2.74. The smallest absolute Gasteiger partial charge is 0.128 e. The third kappa shape index (κ3) is 3.54. The normalized spacial score (nSPS) is 17.7. The third-order valence-electron chi connectivity index (χ3n) is 4.09. The van der Waals surface area contributed by atoms with Crippen LogP contribution in [0.4, 0.5) is 15.9 Å². The van der Waals surface area contributed by atoms with Crippen LogP contribution in [0, 0.1) is 5.82 Å². The van der Waals surface area contributed by atoms with Gasteiger partial charge in [0.05, 0.1) is 0 Å². The van der Waals surface area contributed by atoms with Crippen molar-refractivity contribution in [1.29, 1.82) is 0 Å². The number of pyridine rings is 1. The number of halogens is 1. The predicted octanol–water partition coefficient (Wildman–Crippen LogP) is 2.63. The first-order chi connectivity index (χ1) is 10.7. The van der Waals surface area contributed by atoms with Crippen molar-refractivity contribution >= 4 is 11.5 Å². The second kappa shape index (κ2) is 6.75. The molecule has 1 saturated heterocycles. The monoisotopic (exact) mass is 300 g/mol. The summed E-state index contributed by atoms with van der Waals surface area (Å²) in [6, 6.07) is 11.2. The Morgan fingerprint density at radius 1 is 1.27 bits per heavy atom. The van der Waals surface area contributed by atoms with Gasteiger partial charge in [-0.1, -0.05) is 12.1 Å². The number of benzene rings is 1. The molecule has 1 aliphatic rings. The number of hydrogen-bond acceptors (Lipinski definition) is 4. The van der Waals surface area contributed by atoms with Gasteiger partial charge in [0.1, 0.15) is 11.6 Å². The molecule has 0 radical (unpaired) electrons. The summed E-state index contributed by atoms with van der Waals surface area (Å²) in [6.45, 7) is 2.72. The molecule has 1 unspecified atom stereocenters. The van der Waals surface area contributed by atoms with Gasteiger partial charge in [0.15, 0.2) is 0 Å². The fraction of sp³-hybridized carbons (Fsp3) is 0.353. The Hall–Kier alpha value is -2.14. The van der Waals surface area contributed by atoms with Gasteiger partial charge in [-0.15, -0.1) is 0 Å². The Morgan fingerprint density at radius 2 is 2.09 bits per heavy atom. The molecule has 0 bridgehead atoms. The van der Waals surface area contributed by atoms with Crippen LogP contribution in [0.25, 0.3) is 0 Å². The van der Waals surface area contributed by atoms with Crippen LogP contribution in [0.2, 0.25) is 0 Å². The van der Waals surface area contributed by atoms with E-state index in [1.165, 1.54) is 17.8 Å². The molecule has 1 fully saturated rings. The summed E-state index contributed by atoms with van der Waals surface area (Å²) >= 11 is 0. The number of rotatable bonds is 5. The Morgan fingerprint density at radius 3 is 2.82 bits per heavy atom. The third-order valence-corrected chi connectivity index (χ3v) is 4.09. The molecule has 0 saturated carbocycles. The zero-order valence-corrected chi connectivity index (χ0v) is 12.7. The summed E-state index contributed by atoms with van der Waals surface area (Å²) < 4.78 is 12.9. The second-order valence-corrected chi connectivity index (χ2v) is 5.60. The van der Waals surface area contributed by atoms with Crippen LogP contribution in [-0.4, -0.2) is 31.2 Å². The Labute approximate surface area is 130 Å². The highest BCUT2D eigenvalue weighted by molar-refractivity contribution is 5.54. The van der Waals surface area contributed by atoms with Crippen LogP contribution in [0.3, 0.4) is 0 Å². The van der Waals surface area contributed by atoms with Gasteiger partial charge < -0.3 is 15.5 Å². The zero-order chi connectivity index (χ0) is 15.4. The summed E-state index contributed by atoms with van der Waals surface area (Å²) in [6.07, 6.45) is 2.99. The Kier molecular flexibility index (Phi) is 4.53. The quantitative estimate of drug-likeness (QED) is 0.890. The molecule has 1 aromatic heterocycles. The molecule has 3 rings (SSSR count). The van der Waals surface area contributed by atoms with Crippen molar-refractivity contribution in [2.24, 2.45) is 0 Å². The minimum Gasteiger partial charge on any atom is -0.370 e. The van der Waals surface area contributed by atoms with E-state index in [1.807, 2.05) is 19.3 Å². The lowest BCUT2D eigenvalue weighted by atomic mass is 10.2. The first-order valence-electron chi connectivity index (χ1n) is 7.61. The molecule has 2 aromatic rings. The van der Waals surface area contributed by atoms with Gasteiger partial charge in [-0.3, -0.25) is 0 Å². The molecular weight excluding hydrogens is 279 g/mol. The van der Waals surface area contributed by atoms with Gasteiger partial charge in [0, 0.05) is 43.6 Å². The van der Waals surface area contributed by atoms with E-state index in [0.29, 0.717) is 12.6 Å². The van der Waals surface area contributed by atoms with Gasteiger partial charge in [0.2, 0.25) is 0 Å². The summed E-state index contributed by atoms with van der Waals surface area (Å²) in [5.41, 5.74) is 2.22. The van der Waals surface area contributed by atoms with Crippen molar-refractivity contribution in [3.63, 3.8) is 0 Å².